The van der Waals surface area contributed by atoms with Gasteiger partial charge in [0.2, 0.25) is 0 Å². The first-order valence-electron chi connectivity index (χ1n) is 6.99. The van der Waals surface area contributed by atoms with Crippen LogP contribution in [0.3, 0.4) is 0 Å². The van der Waals surface area contributed by atoms with E-state index in [1.807, 2.05) is 0 Å². The Bertz CT molecular complexity index is 931. The lowest BCUT2D eigenvalue weighted by atomic mass is 10.2. The Morgan fingerprint density at radius 2 is 2.08 bits per heavy atom. The van der Waals surface area contributed by atoms with E-state index in [1.165, 1.54) is 6.26 Å². The highest BCUT2D eigenvalue weighted by Crippen LogP contribution is 2.33. The minimum absolute atomic E-state index is 0.198. The van der Waals surface area contributed by atoms with Crippen molar-refractivity contribution in [1.82, 2.24) is 0 Å². The van der Waals surface area contributed by atoms with Gasteiger partial charge in [-0.3, -0.25) is 4.99 Å². The Kier molecular flexibility index (Phi) is 5.75. The van der Waals surface area contributed by atoms with Gasteiger partial charge in [0, 0.05) is 18.5 Å². The van der Waals surface area contributed by atoms with E-state index in [0.29, 0.717) is 21.5 Å². The molecule has 0 radical (unpaired) electrons. The molecular formula is C17H15BrN2O3S. The summed E-state index contributed by atoms with van der Waals surface area (Å²) in [5.74, 6) is 0.527. The standard InChI is InChI=1S/C17H15BrN2O3S/c1-3-20-16-9-17(15(18)8-13(16)10-19)23-11-12-5-4-6-14(7-12)24(2,21)22/h3-9H,11H2,1-2H3. The van der Waals surface area contributed by atoms with Gasteiger partial charge in [0.15, 0.2) is 9.84 Å². The molecule has 0 N–H and O–H groups in total. The number of nitriles is 1. The van der Waals surface area contributed by atoms with Crippen molar-refractivity contribution in [2.45, 2.75) is 18.4 Å². The number of aliphatic imine (C=N–C) groups is 1. The second-order valence-corrected chi connectivity index (χ2v) is 7.88. The molecule has 0 unspecified atom stereocenters. The van der Waals surface area contributed by atoms with Crippen LogP contribution in [-0.4, -0.2) is 20.9 Å². The van der Waals surface area contributed by atoms with Gasteiger partial charge in [-0.05, 0) is 46.6 Å². The van der Waals surface area contributed by atoms with Crippen LogP contribution in [0.5, 0.6) is 5.75 Å². The second kappa shape index (κ2) is 7.60. The Labute approximate surface area is 149 Å². The monoisotopic (exact) mass is 406 g/mol. The number of benzene rings is 2. The summed E-state index contributed by atoms with van der Waals surface area (Å²) in [4.78, 5) is 4.40. The number of hydrogen-bond acceptors (Lipinski definition) is 5. The molecule has 124 valence electrons. The van der Waals surface area contributed by atoms with E-state index in [4.69, 9.17) is 10.00 Å². The summed E-state index contributed by atoms with van der Waals surface area (Å²) in [7, 11) is -3.26. The summed E-state index contributed by atoms with van der Waals surface area (Å²) in [5.41, 5.74) is 1.68. The molecule has 0 aliphatic rings. The molecule has 24 heavy (non-hydrogen) atoms. The molecule has 0 heterocycles. The van der Waals surface area contributed by atoms with Crippen LogP contribution in [0.2, 0.25) is 0 Å². The molecule has 0 atom stereocenters. The topological polar surface area (TPSA) is 79.5 Å². The van der Waals surface area contributed by atoms with Gasteiger partial charge in [-0.1, -0.05) is 12.1 Å². The first-order valence-corrected chi connectivity index (χ1v) is 9.67. The Morgan fingerprint density at radius 3 is 2.71 bits per heavy atom. The molecule has 0 aromatic heterocycles. The number of hydrogen-bond donors (Lipinski definition) is 0. The van der Waals surface area contributed by atoms with Crippen molar-refractivity contribution in [3.63, 3.8) is 0 Å². The summed E-state index contributed by atoms with van der Waals surface area (Å²) < 4.78 is 29.6. The highest BCUT2D eigenvalue weighted by Gasteiger charge is 2.11. The van der Waals surface area contributed by atoms with E-state index >= 15 is 0 Å². The van der Waals surface area contributed by atoms with Crippen LogP contribution in [-0.2, 0) is 16.4 Å². The van der Waals surface area contributed by atoms with Crippen molar-refractivity contribution in [2.75, 3.05) is 6.26 Å². The Hall–Kier alpha value is -2.17. The summed E-state index contributed by atoms with van der Waals surface area (Å²) in [6.45, 7) is 1.96. The minimum atomic E-state index is -3.26. The van der Waals surface area contributed by atoms with Gasteiger partial charge in [0.25, 0.3) is 0 Å². The van der Waals surface area contributed by atoms with Crippen LogP contribution in [0, 0.1) is 11.3 Å². The van der Waals surface area contributed by atoms with Crippen LogP contribution in [0.15, 0.2) is 50.8 Å². The van der Waals surface area contributed by atoms with Gasteiger partial charge >= 0.3 is 0 Å². The number of nitrogens with zero attached hydrogens (tertiary/aromatic N) is 2. The fraction of sp³-hybridized carbons (Fsp3) is 0.176. The Morgan fingerprint density at radius 1 is 1.33 bits per heavy atom. The zero-order chi connectivity index (χ0) is 17.7. The molecule has 2 aromatic rings. The average molecular weight is 407 g/mol. The summed E-state index contributed by atoms with van der Waals surface area (Å²) in [5, 5.41) is 9.13. The first-order chi connectivity index (χ1) is 11.3. The molecule has 0 amide bonds. The number of rotatable bonds is 5. The molecule has 2 aromatic carbocycles. The van der Waals surface area contributed by atoms with Crippen molar-refractivity contribution in [2.24, 2.45) is 4.99 Å². The largest absolute Gasteiger partial charge is 0.488 e. The molecule has 2 rings (SSSR count). The van der Waals surface area contributed by atoms with E-state index < -0.39 is 9.84 Å². The predicted molar refractivity (Wildman–Crippen MR) is 96.6 cm³/mol. The number of ether oxygens (including phenoxy) is 1. The average Bonchev–Trinajstić information content (AvgIpc) is 2.54. The van der Waals surface area contributed by atoms with Crippen LogP contribution in [0.1, 0.15) is 18.1 Å². The molecule has 0 aliphatic carbocycles. The first kappa shape index (κ1) is 18.2. The second-order valence-electron chi connectivity index (χ2n) is 5.01. The third-order valence-electron chi connectivity index (χ3n) is 3.16. The van der Waals surface area contributed by atoms with Crippen LogP contribution in [0.4, 0.5) is 5.69 Å². The smallest absolute Gasteiger partial charge is 0.175 e. The van der Waals surface area contributed by atoms with E-state index in [-0.39, 0.29) is 11.5 Å². The highest BCUT2D eigenvalue weighted by molar-refractivity contribution is 9.10. The van der Waals surface area contributed by atoms with Gasteiger partial charge in [-0.2, -0.15) is 5.26 Å². The lowest BCUT2D eigenvalue weighted by molar-refractivity contribution is 0.304. The Balaban J connectivity index is 2.27. The summed E-state index contributed by atoms with van der Waals surface area (Å²) in [6.07, 6.45) is 2.77. The van der Waals surface area contributed by atoms with Crippen molar-refractivity contribution in [3.8, 4) is 11.8 Å². The maximum atomic E-state index is 11.6. The molecular weight excluding hydrogens is 392 g/mol. The predicted octanol–water partition coefficient (Wildman–Crippen LogP) is 4.03. The number of sulfone groups is 1. The summed E-state index contributed by atoms with van der Waals surface area (Å²) in [6, 6.07) is 12.0. The lowest BCUT2D eigenvalue weighted by Crippen LogP contribution is -2.01. The SMILES string of the molecule is CC=Nc1cc(OCc2cccc(S(C)(=O)=O)c2)c(Br)cc1C#N. The molecule has 0 spiro atoms. The van der Waals surface area contributed by atoms with Crippen molar-refractivity contribution < 1.29 is 13.2 Å². The van der Waals surface area contributed by atoms with Gasteiger partial charge in [-0.25, -0.2) is 8.42 Å². The maximum absolute atomic E-state index is 11.6. The molecule has 0 aliphatic heterocycles. The van der Waals surface area contributed by atoms with Crippen molar-refractivity contribution in [3.05, 3.63) is 52.0 Å². The fourth-order valence-electron chi connectivity index (χ4n) is 2.02. The molecule has 0 fully saturated rings. The lowest BCUT2D eigenvalue weighted by Gasteiger charge is -2.11. The quantitative estimate of drug-likeness (QED) is 0.702. The molecule has 0 saturated carbocycles. The van der Waals surface area contributed by atoms with Crippen LogP contribution < -0.4 is 4.74 Å². The third kappa shape index (κ3) is 4.43. The van der Waals surface area contributed by atoms with E-state index in [9.17, 15) is 8.42 Å². The van der Waals surface area contributed by atoms with Crippen molar-refractivity contribution in [1.29, 1.82) is 5.26 Å². The van der Waals surface area contributed by atoms with Gasteiger partial charge in [-0.15, -0.1) is 0 Å². The minimum Gasteiger partial charge on any atom is -0.488 e. The van der Waals surface area contributed by atoms with Gasteiger partial charge in [0.1, 0.15) is 18.4 Å². The van der Waals surface area contributed by atoms with E-state index in [2.05, 4.69) is 27.0 Å². The van der Waals surface area contributed by atoms with E-state index in [0.717, 1.165) is 5.56 Å². The third-order valence-corrected chi connectivity index (χ3v) is 4.89. The van der Waals surface area contributed by atoms with Gasteiger partial charge < -0.3 is 4.74 Å². The molecule has 7 heteroatoms. The summed E-state index contributed by atoms with van der Waals surface area (Å²) >= 11 is 3.37. The van der Waals surface area contributed by atoms with Gasteiger partial charge in [0.05, 0.1) is 20.6 Å². The number of halogens is 1. The van der Waals surface area contributed by atoms with E-state index in [1.54, 1.807) is 49.5 Å². The highest BCUT2D eigenvalue weighted by atomic mass is 79.9. The molecule has 0 bridgehead atoms. The van der Waals surface area contributed by atoms with Crippen LogP contribution in [0.25, 0.3) is 0 Å². The zero-order valence-electron chi connectivity index (χ0n) is 13.2. The van der Waals surface area contributed by atoms with Crippen LogP contribution >= 0.6 is 15.9 Å². The fourth-order valence-corrected chi connectivity index (χ4v) is 3.16. The molecule has 5 nitrogen and oxygen atoms in total. The van der Waals surface area contributed by atoms with Crippen molar-refractivity contribution >= 4 is 37.7 Å². The maximum Gasteiger partial charge on any atom is 0.175 e. The zero-order valence-corrected chi connectivity index (χ0v) is 15.6. The molecule has 0 saturated heterocycles. The normalized spacial score (nSPS) is 11.4.